The van der Waals surface area contributed by atoms with Crippen LogP contribution in [-0.2, 0) is 4.74 Å². The first-order valence-corrected chi connectivity index (χ1v) is 5.22. The van der Waals surface area contributed by atoms with Gasteiger partial charge in [-0.1, -0.05) is 0 Å². The Hall–Kier alpha value is -1.66. The number of pyridine rings is 1. The fourth-order valence-electron chi connectivity index (χ4n) is 1.41. The lowest BCUT2D eigenvalue weighted by Crippen LogP contribution is -2.47. The van der Waals surface area contributed by atoms with Crippen molar-refractivity contribution in [2.75, 3.05) is 19.1 Å². The van der Waals surface area contributed by atoms with Crippen molar-refractivity contribution in [3.05, 3.63) is 24.0 Å². The van der Waals surface area contributed by atoms with Gasteiger partial charge in [-0.15, -0.1) is 0 Å². The zero-order valence-electron chi connectivity index (χ0n) is 10.3. The van der Waals surface area contributed by atoms with Gasteiger partial charge in [0, 0.05) is 13.3 Å². The molecule has 0 aliphatic rings. The number of nitrogen functional groups attached to an aromatic ring is 1. The molecule has 1 amide bonds. The maximum Gasteiger partial charge on any atom is 0.270 e. The molecule has 1 aromatic heterocycles. The van der Waals surface area contributed by atoms with Gasteiger partial charge >= 0.3 is 0 Å². The monoisotopic (exact) mass is 238 g/mol. The molecule has 0 bridgehead atoms. The average Bonchev–Trinajstić information content (AvgIpc) is 2.28. The zero-order chi connectivity index (χ0) is 12.9. The molecule has 1 rings (SSSR count). The standard InChI is InChI=1S/C11H18N4O2/c1-11(2,7-17-3)14-10(16)9-6-8(15-12)4-5-13-9/h4-6H,7,12H2,1-3H3,(H,13,15)(H,14,16). The van der Waals surface area contributed by atoms with E-state index >= 15 is 0 Å². The Morgan fingerprint density at radius 2 is 2.29 bits per heavy atom. The van der Waals surface area contributed by atoms with Crippen LogP contribution in [0.2, 0.25) is 0 Å². The van der Waals surface area contributed by atoms with E-state index in [1.807, 2.05) is 13.8 Å². The van der Waals surface area contributed by atoms with Crippen LogP contribution in [0, 0.1) is 0 Å². The molecular weight excluding hydrogens is 220 g/mol. The lowest BCUT2D eigenvalue weighted by Gasteiger charge is -2.25. The number of rotatable bonds is 5. The van der Waals surface area contributed by atoms with Crippen LogP contribution in [0.3, 0.4) is 0 Å². The highest BCUT2D eigenvalue weighted by atomic mass is 16.5. The SMILES string of the molecule is COCC(C)(C)NC(=O)c1cc(NN)ccn1. The van der Waals surface area contributed by atoms with Gasteiger partial charge in [0.15, 0.2) is 0 Å². The molecule has 0 aromatic carbocycles. The largest absolute Gasteiger partial charge is 0.382 e. The Kier molecular flexibility index (Phi) is 4.42. The van der Waals surface area contributed by atoms with Crippen molar-refractivity contribution >= 4 is 11.6 Å². The van der Waals surface area contributed by atoms with Crippen molar-refractivity contribution in [1.82, 2.24) is 10.3 Å². The van der Waals surface area contributed by atoms with E-state index in [9.17, 15) is 4.79 Å². The van der Waals surface area contributed by atoms with Crippen molar-refractivity contribution in [3.8, 4) is 0 Å². The van der Waals surface area contributed by atoms with Crippen LogP contribution in [0.5, 0.6) is 0 Å². The molecule has 0 aliphatic heterocycles. The number of hydrazine groups is 1. The summed E-state index contributed by atoms with van der Waals surface area (Å²) >= 11 is 0. The first-order chi connectivity index (χ1) is 7.98. The summed E-state index contributed by atoms with van der Waals surface area (Å²) in [4.78, 5) is 15.9. The van der Waals surface area contributed by atoms with E-state index in [0.717, 1.165) is 0 Å². The number of nitrogens with two attached hydrogens (primary N) is 1. The number of amides is 1. The zero-order valence-corrected chi connectivity index (χ0v) is 10.3. The smallest absolute Gasteiger partial charge is 0.270 e. The molecule has 0 saturated carbocycles. The Bertz CT molecular complexity index is 393. The van der Waals surface area contributed by atoms with Gasteiger partial charge in [-0.05, 0) is 26.0 Å². The number of methoxy groups -OCH3 is 1. The summed E-state index contributed by atoms with van der Waals surface area (Å²) in [6.45, 7) is 4.17. The first-order valence-electron chi connectivity index (χ1n) is 5.22. The second-order valence-electron chi connectivity index (χ2n) is 4.35. The highest BCUT2D eigenvalue weighted by Crippen LogP contribution is 2.08. The number of anilines is 1. The average molecular weight is 238 g/mol. The van der Waals surface area contributed by atoms with Crippen molar-refractivity contribution < 1.29 is 9.53 Å². The number of nitrogens with zero attached hydrogens (tertiary/aromatic N) is 1. The van der Waals surface area contributed by atoms with Gasteiger partial charge in [-0.3, -0.25) is 15.6 Å². The molecule has 6 nitrogen and oxygen atoms in total. The molecule has 0 fully saturated rings. The second kappa shape index (κ2) is 5.60. The summed E-state index contributed by atoms with van der Waals surface area (Å²) in [6.07, 6.45) is 1.52. The summed E-state index contributed by atoms with van der Waals surface area (Å²) in [7, 11) is 1.59. The molecule has 17 heavy (non-hydrogen) atoms. The van der Waals surface area contributed by atoms with Gasteiger partial charge in [-0.25, -0.2) is 0 Å². The summed E-state index contributed by atoms with van der Waals surface area (Å²) in [6, 6.07) is 3.26. The maximum atomic E-state index is 11.9. The van der Waals surface area contributed by atoms with Gasteiger partial charge in [0.05, 0.1) is 17.8 Å². The van der Waals surface area contributed by atoms with Crippen LogP contribution in [0.4, 0.5) is 5.69 Å². The molecule has 0 spiro atoms. The first kappa shape index (κ1) is 13.4. The maximum absolute atomic E-state index is 11.9. The third-order valence-electron chi connectivity index (χ3n) is 2.12. The minimum absolute atomic E-state index is 0.260. The van der Waals surface area contributed by atoms with E-state index in [1.165, 1.54) is 6.20 Å². The molecule has 1 aromatic rings. The van der Waals surface area contributed by atoms with Crippen molar-refractivity contribution in [2.24, 2.45) is 5.84 Å². The topological polar surface area (TPSA) is 89.3 Å². The number of nitrogens with one attached hydrogen (secondary N) is 2. The van der Waals surface area contributed by atoms with Gasteiger partial charge in [0.1, 0.15) is 5.69 Å². The van der Waals surface area contributed by atoms with Crippen LogP contribution in [-0.4, -0.2) is 30.1 Å². The minimum atomic E-state index is -0.445. The molecule has 0 aliphatic carbocycles. The van der Waals surface area contributed by atoms with E-state index in [-0.39, 0.29) is 5.91 Å². The van der Waals surface area contributed by atoms with Gasteiger partial charge in [0.2, 0.25) is 0 Å². The van der Waals surface area contributed by atoms with E-state index in [4.69, 9.17) is 10.6 Å². The lowest BCUT2D eigenvalue weighted by atomic mass is 10.1. The van der Waals surface area contributed by atoms with Gasteiger partial charge < -0.3 is 15.5 Å². The number of aromatic nitrogens is 1. The normalized spacial score (nSPS) is 11.1. The predicted molar refractivity (Wildman–Crippen MR) is 65.5 cm³/mol. The number of hydrogen-bond acceptors (Lipinski definition) is 5. The van der Waals surface area contributed by atoms with E-state index in [1.54, 1.807) is 19.2 Å². The fraction of sp³-hybridized carbons (Fsp3) is 0.455. The summed E-state index contributed by atoms with van der Waals surface area (Å²) in [5.74, 6) is 5.00. The van der Waals surface area contributed by atoms with Crippen LogP contribution in [0.1, 0.15) is 24.3 Å². The van der Waals surface area contributed by atoms with Crippen LogP contribution in [0.25, 0.3) is 0 Å². The Labute approximate surface area is 101 Å². The highest BCUT2D eigenvalue weighted by Gasteiger charge is 2.21. The van der Waals surface area contributed by atoms with Crippen molar-refractivity contribution in [2.45, 2.75) is 19.4 Å². The number of ether oxygens (including phenoxy) is 1. The fourth-order valence-corrected chi connectivity index (χ4v) is 1.41. The third-order valence-corrected chi connectivity index (χ3v) is 2.12. The second-order valence-corrected chi connectivity index (χ2v) is 4.35. The van der Waals surface area contributed by atoms with Crippen molar-refractivity contribution in [3.63, 3.8) is 0 Å². The van der Waals surface area contributed by atoms with Crippen LogP contribution >= 0.6 is 0 Å². The molecule has 0 atom stereocenters. The molecule has 6 heteroatoms. The van der Waals surface area contributed by atoms with Gasteiger partial charge in [-0.2, -0.15) is 0 Å². The summed E-state index contributed by atoms with van der Waals surface area (Å²) < 4.78 is 5.02. The summed E-state index contributed by atoms with van der Waals surface area (Å²) in [5.41, 5.74) is 2.96. The Balaban J connectivity index is 2.75. The molecule has 94 valence electrons. The predicted octanol–water partition coefficient (Wildman–Crippen LogP) is 0.522. The van der Waals surface area contributed by atoms with E-state index < -0.39 is 5.54 Å². The minimum Gasteiger partial charge on any atom is -0.382 e. The molecule has 0 unspecified atom stereocenters. The quantitative estimate of drug-likeness (QED) is 0.514. The third kappa shape index (κ3) is 4.01. The van der Waals surface area contributed by atoms with Gasteiger partial charge in [0.25, 0.3) is 5.91 Å². The van der Waals surface area contributed by atoms with Crippen LogP contribution in [0.15, 0.2) is 18.3 Å². The van der Waals surface area contributed by atoms with Crippen LogP contribution < -0.4 is 16.6 Å². The summed E-state index contributed by atoms with van der Waals surface area (Å²) in [5, 5.41) is 2.83. The molecular formula is C11H18N4O2. The van der Waals surface area contributed by atoms with Crippen molar-refractivity contribution in [1.29, 1.82) is 0 Å². The van der Waals surface area contributed by atoms with E-state index in [0.29, 0.717) is 18.0 Å². The molecule has 4 N–H and O–H groups in total. The Morgan fingerprint density at radius 3 is 2.88 bits per heavy atom. The Morgan fingerprint density at radius 1 is 1.59 bits per heavy atom. The number of hydrogen-bond donors (Lipinski definition) is 3. The molecule has 1 heterocycles. The lowest BCUT2D eigenvalue weighted by molar-refractivity contribution is 0.0815. The van der Waals surface area contributed by atoms with E-state index in [2.05, 4.69) is 15.7 Å². The molecule has 0 radical (unpaired) electrons. The number of carbonyl (C=O) groups excluding carboxylic acids is 1. The number of carbonyl (C=O) groups is 1. The molecule has 0 saturated heterocycles. The highest BCUT2D eigenvalue weighted by molar-refractivity contribution is 5.93.